The zero-order valence-electron chi connectivity index (χ0n) is 22.2. The van der Waals surface area contributed by atoms with Crippen LogP contribution in [-0.4, -0.2) is 47.5 Å². The number of nitrogens with zero attached hydrogens (tertiary/aromatic N) is 3. The van der Waals surface area contributed by atoms with Crippen molar-refractivity contribution in [2.24, 2.45) is 12.8 Å². The largest absolute Gasteiger partial charge is 0.495 e. The predicted octanol–water partition coefficient (Wildman–Crippen LogP) is 4.08. The van der Waals surface area contributed by atoms with Crippen molar-refractivity contribution in [1.29, 1.82) is 5.41 Å². The number of hydrogen-bond donors (Lipinski definition) is 3. The summed E-state index contributed by atoms with van der Waals surface area (Å²) in [6, 6.07) is 19.9. The number of amides is 1. The molecular formula is C29H32N6O4. The maximum Gasteiger partial charge on any atom is 0.307 e. The number of benzene rings is 3. The average molecular weight is 529 g/mol. The van der Waals surface area contributed by atoms with Gasteiger partial charge in [0.25, 0.3) is 5.91 Å². The molecular weight excluding hydrogens is 496 g/mol. The van der Waals surface area contributed by atoms with Gasteiger partial charge >= 0.3 is 5.97 Å². The number of amidine groups is 1. The number of hydrogen-bond acceptors (Lipinski definition) is 7. The van der Waals surface area contributed by atoms with E-state index in [0.29, 0.717) is 41.2 Å². The van der Waals surface area contributed by atoms with E-state index in [9.17, 15) is 9.59 Å². The van der Waals surface area contributed by atoms with Crippen LogP contribution in [0.2, 0.25) is 0 Å². The second kappa shape index (κ2) is 12.1. The fraction of sp³-hybridized carbons (Fsp3) is 0.241. The molecule has 3 aromatic carbocycles. The third-order valence-corrected chi connectivity index (χ3v) is 6.33. The highest BCUT2D eigenvalue weighted by molar-refractivity contribution is 6.07. The number of para-hydroxylation sites is 1. The van der Waals surface area contributed by atoms with Crippen molar-refractivity contribution in [3.05, 3.63) is 83.7 Å². The first kappa shape index (κ1) is 27.2. The minimum Gasteiger partial charge on any atom is -0.495 e. The highest BCUT2D eigenvalue weighted by Gasteiger charge is 2.21. The van der Waals surface area contributed by atoms with Gasteiger partial charge in [-0.25, -0.2) is 4.98 Å². The number of nitrogens with one attached hydrogen (secondary N) is 2. The second-order valence-corrected chi connectivity index (χ2v) is 8.82. The molecule has 4 N–H and O–H groups in total. The summed E-state index contributed by atoms with van der Waals surface area (Å²) in [6.07, 6.45) is 0.0903. The SMILES string of the molecule is CCOC(=O)CCN(C(=O)c1ccc2c(c1)nc(CNc1ccc(C(=N)N)cc1OC)n2C)c1ccccc1. The van der Waals surface area contributed by atoms with Crippen LogP contribution < -0.4 is 20.7 Å². The maximum atomic E-state index is 13.6. The molecule has 202 valence electrons. The van der Waals surface area contributed by atoms with Crippen molar-refractivity contribution < 1.29 is 19.1 Å². The lowest BCUT2D eigenvalue weighted by Gasteiger charge is -2.22. The van der Waals surface area contributed by atoms with Crippen molar-refractivity contribution in [1.82, 2.24) is 9.55 Å². The van der Waals surface area contributed by atoms with Crippen LogP contribution in [-0.2, 0) is 23.1 Å². The van der Waals surface area contributed by atoms with E-state index in [1.54, 1.807) is 43.2 Å². The molecule has 1 heterocycles. The lowest BCUT2D eigenvalue weighted by atomic mass is 10.1. The number of imidazole rings is 1. The Bertz CT molecular complexity index is 1500. The van der Waals surface area contributed by atoms with Crippen molar-refractivity contribution in [2.45, 2.75) is 19.9 Å². The summed E-state index contributed by atoms with van der Waals surface area (Å²) in [5.74, 6) is 0.712. The number of nitrogen functional groups attached to an aromatic ring is 1. The standard InChI is InChI=1S/C29H32N6O4/c1-4-39-27(36)14-15-35(21-8-6-5-7-9-21)29(37)20-11-13-24-23(16-20)33-26(34(24)2)18-32-22-12-10-19(28(30)31)17-25(22)38-3/h5-13,16-17,32H,4,14-15,18H2,1-3H3,(H3,30,31). The van der Waals surface area contributed by atoms with Gasteiger partial charge in [0, 0.05) is 30.4 Å². The molecule has 1 aromatic heterocycles. The van der Waals surface area contributed by atoms with Gasteiger partial charge in [0.2, 0.25) is 0 Å². The maximum absolute atomic E-state index is 13.6. The topological polar surface area (TPSA) is 136 Å². The van der Waals surface area contributed by atoms with Crippen LogP contribution in [0.15, 0.2) is 66.7 Å². The molecule has 0 fully saturated rings. The molecule has 0 atom stereocenters. The number of fused-ring (bicyclic) bond motifs is 1. The van der Waals surface area contributed by atoms with Crippen LogP contribution >= 0.6 is 0 Å². The molecule has 0 bridgehead atoms. The van der Waals surface area contributed by atoms with Gasteiger partial charge in [-0.2, -0.15) is 0 Å². The molecule has 10 heteroatoms. The minimum atomic E-state index is -0.351. The summed E-state index contributed by atoms with van der Waals surface area (Å²) >= 11 is 0. The molecule has 0 aliphatic carbocycles. The van der Waals surface area contributed by atoms with E-state index in [4.69, 9.17) is 25.6 Å². The molecule has 4 aromatic rings. The highest BCUT2D eigenvalue weighted by atomic mass is 16.5. The summed E-state index contributed by atoms with van der Waals surface area (Å²) < 4.78 is 12.5. The molecule has 0 aliphatic rings. The van der Waals surface area contributed by atoms with Crippen LogP contribution in [0.3, 0.4) is 0 Å². The first-order valence-corrected chi connectivity index (χ1v) is 12.6. The van der Waals surface area contributed by atoms with Crippen LogP contribution in [0.1, 0.15) is 35.1 Å². The van der Waals surface area contributed by atoms with E-state index in [-0.39, 0.29) is 30.7 Å². The molecule has 10 nitrogen and oxygen atoms in total. The lowest BCUT2D eigenvalue weighted by Crippen LogP contribution is -2.33. The number of methoxy groups -OCH3 is 1. The van der Waals surface area contributed by atoms with Gasteiger partial charge in [0.15, 0.2) is 0 Å². The second-order valence-electron chi connectivity index (χ2n) is 8.82. The van der Waals surface area contributed by atoms with Gasteiger partial charge in [-0.05, 0) is 55.5 Å². The number of nitrogens with two attached hydrogens (primary N) is 1. The monoisotopic (exact) mass is 528 g/mol. The zero-order chi connectivity index (χ0) is 27.9. The molecule has 0 aliphatic heterocycles. The number of carbonyl (C=O) groups is 2. The van der Waals surface area contributed by atoms with Crippen molar-refractivity contribution in [3.63, 3.8) is 0 Å². The van der Waals surface area contributed by atoms with Crippen molar-refractivity contribution >= 4 is 40.1 Å². The number of rotatable bonds is 11. The van der Waals surface area contributed by atoms with Gasteiger partial charge < -0.3 is 30.0 Å². The summed E-state index contributed by atoms with van der Waals surface area (Å²) in [4.78, 5) is 31.9. The Labute approximate surface area is 226 Å². The van der Waals surface area contributed by atoms with Gasteiger partial charge in [-0.15, -0.1) is 0 Å². The van der Waals surface area contributed by atoms with Crippen LogP contribution in [0.25, 0.3) is 11.0 Å². The quantitative estimate of drug-likeness (QED) is 0.152. The Morgan fingerprint density at radius 1 is 1.08 bits per heavy atom. The predicted molar refractivity (Wildman–Crippen MR) is 151 cm³/mol. The number of aromatic nitrogens is 2. The first-order chi connectivity index (χ1) is 18.8. The third kappa shape index (κ3) is 6.18. The number of anilines is 2. The molecule has 0 spiro atoms. The molecule has 1 amide bonds. The molecule has 4 rings (SSSR count). The highest BCUT2D eigenvalue weighted by Crippen LogP contribution is 2.27. The van der Waals surface area contributed by atoms with Crippen LogP contribution in [0, 0.1) is 5.41 Å². The van der Waals surface area contributed by atoms with Crippen LogP contribution in [0.4, 0.5) is 11.4 Å². The third-order valence-electron chi connectivity index (χ3n) is 6.33. The van der Waals surface area contributed by atoms with E-state index in [1.807, 2.05) is 54.1 Å². The first-order valence-electron chi connectivity index (χ1n) is 12.6. The normalized spacial score (nSPS) is 10.7. The number of carbonyl (C=O) groups excluding carboxylic acids is 2. The van der Waals surface area contributed by atoms with Gasteiger partial charge in [-0.1, -0.05) is 18.2 Å². The van der Waals surface area contributed by atoms with Gasteiger partial charge in [-0.3, -0.25) is 15.0 Å². The molecule has 0 radical (unpaired) electrons. The Hall–Kier alpha value is -4.86. The van der Waals surface area contributed by atoms with E-state index in [2.05, 4.69) is 5.32 Å². The molecule has 0 saturated heterocycles. The number of aryl methyl sites for hydroxylation is 1. The molecule has 0 unspecified atom stereocenters. The van der Waals surface area contributed by atoms with E-state index >= 15 is 0 Å². The number of ether oxygens (including phenoxy) is 2. The van der Waals surface area contributed by atoms with Crippen molar-refractivity contribution in [3.8, 4) is 5.75 Å². The molecule has 39 heavy (non-hydrogen) atoms. The fourth-order valence-electron chi connectivity index (χ4n) is 4.27. The number of esters is 1. The van der Waals surface area contributed by atoms with Crippen LogP contribution in [0.5, 0.6) is 5.75 Å². The Morgan fingerprint density at radius 2 is 1.82 bits per heavy atom. The fourth-order valence-corrected chi connectivity index (χ4v) is 4.27. The van der Waals surface area contributed by atoms with Gasteiger partial charge in [0.05, 0.1) is 43.4 Å². The summed E-state index contributed by atoms with van der Waals surface area (Å²) in [7, 11) is 3.48. The zero-order valence-corrected chi connectivity index (χ0v) is 22.2. The smallest absolute Gasteiger partial charge is 0.307 e. The Kier molecular flexibility index (Phi) is 8.45. The minimum absolute atomic E-state index is 0.0349. The van der Waals surface area contributed by atoms with E-state index in [1.165, 1.54) is 0 Å². The van der Waals surface area contributed by atoms with Gasteiger partial charge in [0.1, 0.15) is 17.4 Å². The molecule has 0 saturated carbocycles. The van der Waals surface area contributed by atoms with E-state index in [0.717, 1.165) is 17.0 Å². The van der Waals surface area contributed by atoms with E-state index < -0.39 is 0 Å². The average Bonchev–Trinajstić information content (AvgIpc) is 3.26. The lowest BCUT2D eigenvalue weighted by molar-refractivity contribution is -0.142. The Balaban J connectivity index is 1.57. The summed E-state index contributed by atoms with van der Waals surface area (Å²) in [5.41, 5.74) is 9.62. The summed E-state index contributed by atoms with van der Waals surface area (Å²) in [5, 5.41) is 11.0. The van der Waals surface area contributed by atoms with Crippen molar-refractivity contribution in [2.75, 3.05) is 30.5 Å². The summed E-state index contributed by atoms with van der Waals surface area (Å²) in [6.45, 7) is 2.65. The Morgan fingerprint density at radius 3 is 2.51 bits per heavy atom.